The van der Waals surface area contributed by atoms with Crippen molar-refractivity contribution in [2.24, 2.45) is 0 Å². The molecule has 4 nitrogen and oxygen atoms in total. The van der Waals surface area contributed by atoms with Gasteiger partial charge in [0.05, 0.1) is 0 Å². The van der Waals surface area contributed by atoms with Crippen LogP contribution in [-0.2, 0) is 0 Å². The maximum atomic E-state index is 3.75. The van der Waals surface area contributed by atoms with Gasteiger partial charge in [0, 0.05) is 49.8 Å². The molecular weight excluding hydrogens is 200 g/mol. The predicted octanol–water partition coefficient (Wildman–Crippen LogP) is -0.872. The van der Waals surface area contributed by atoms with Crippen LogP contribution in [0.2, 0.25) is 0 Å². The lowest BCUT2D eigenvalue weighted by Gasteiger charge is -2.54. The summed E-state index contributed by atoms with van der Waals surface area (Å²) in [6, 6.07) is 0.802. The molecule has 4 aliphatic heterocycles. The fourth-order valence-corrected chi connectivity index (χ4v) is 4.16. The Morgan fingerprint density at radius 3 is 2.50 bits per heavy atom. The van der Waals surface area contributed by atoms with Crippen LogP contribution >= 0.6 is 0 Å². The molecule has 0 aromatic carbocycles. The number of likely N-dealkylation sites (tertiary alicyclic amines) is 1. The van der Waals surface area contributed by atoms with Crippen LogP contribution in [0.3, 0.4) is 0 Å². The maximum absolute atomic E-state index is 3.75. The van der Waals surface area contributed by atoms with E-state index in [1.54, 1.807) is 0 Å². The summed E-state index contributed by atoms with van der Waals surface area (Å²) in [7, 11) is 0. The smallest absolute Gasteiger partial charge is 0.0448 e. The third-order valence-corrected chi connectivity index (χ3v) is 5.36. The summed E-state index contributed by atoms with van der Waals surface area (Å²) in [5, 5.41) is 10.7. The largest absolute Gasteiger partial charge is 0.315 e. The van der Waals surface area contributed by atoms with Crippen molar-refractivity contribution in [3.63, 3.8) is 0 Å². The Hall–Kier alpha value is -0.160. The maximum Gasteiger partial charge on any atom is 0.0448 e. The summed E-state index contributed by atoms with van der Waals surface area (Å²) in [5.74, 6) is 0. The first-order chi connectivity index (χ1) is 7.82. The molecular formula is C12H22N4. The van der Waals surface area contributed by atoms with Gasteiger partial charge < -0.3 is 16.0 Å². The van der Waals surface area contributed by atoms with Gasteiger partial charge in [0.25, 0.3) is 0 Å². The van der Waals surface area contributed by atoms with Crippen molar-refractivity contribution in [1.29, 1.82) is 0 Å². The van der Waals surface area contributed by atoms with E-state index >= 15 is 0 Å². The van der Waals surface area contributed by atoms with E-state index in [2.05, 4.69) is 20.9 Å². The van der Waals surface area contributed by atoms with Gasteiger partial charge in [0.15, 0.2) is 0 Å². The molecule has 0 bridgehead atoms. The highest BCUT2D eigenvalue weighted by Gasteiger charge is 2.53. The normalized spacial score (nSPS) is 46.1. The first-order valence-corrected chi connectivity index (χ1v) is 6.75. The molecule has 0 amide bonds. The van der Waals surface area contributed by atoms with Crippen molar-refractivity contribution in [3.8, 4) is 0 Å². The number of nitrogens with one attached hydrogen (secondary N) is 3. The van der Waals surface area contributed by atoms with Crippen LogP contribution < -0.4 is 16.0 Å². The van der Waals surface area contributed by atoms with Gasteiger partial charge in [-0.1, -0.05) is 0 Å². The second-order valence-corrected chi connectivity index (χ2v) is 6.22. The summed E-state index contributed by atoms with van der Waals surface area (Å²) < 4.78 is 0. The van der Waals surface area contributed by atoms with Gasteiger partial charge in [-0.3, -0.25) is 4.90 Å². The molecule has 0 aromatic rings. The van der Waals surface area contributed by atoms with Gasteiger partial charge in [0.1, 0.15) is 0 Å². The average Bonchev–Trinajstić information content (AvgIpc) is 2.82. The summed E-state index contributed by atoms with van der Waals surface area (Å²) >= 11 is 0. The summed E-state index contributed by atoms with van der Waals surface area (Å²) in [5.41, 5.74) is 1.02. The number of nitrogens with zero attached hydrogens (tertiary/aromatic N) is 1. The molecule has 4 rings (SSSR count). The van der Waals surface area contributed by atoms with Crippen LogP contribution in [0.5, 0.6) is 0 Å². The SMILES string of the molecule is C1CC2(CCN2C2CNC3(CNC3)C2)CN1. The van der Waals surface area contributed by atoms with Gasteiger partial charge in [-0.25, -0.2) is 0 Å². The molecule has 2 unspecified atom stereocenters. The number of hydrogen-bond donors (Lipinski definition) is 3. The zero-order valence-corrected chi connectivity index (χ0v) is 9.89. The predicted molar refractivity (Wildman–Crippen MR) is 63.5 cm³/mol. The fraction of sp³-hybridized carbons (Fsp3) is 1.00. The van der Waals surface area contributed by atoms with Gasteiger partial charge in [-0.2, -0.15) is 0 Å². The van der Waals surface area contributed by atoms with Crippen LogP contribution in [0.15, 0.2) is 0 Å². The van der Waals surface area contributed by atoms with Gasteiger partial charge >= 0.3 is 0 Å². The minimum Gasteiger partial charge on any atom is -0.315 e. The Kier molecular flexibility index (Phi) is 1.96. The zero-order chi connectivity index (χ0) is 10.6. The molecule has 16 heavy (non-hydrogen) atoms. The lowest BCUT2D eigenvalue weighted by Crippen LogP contribution is -2.66. The molecule has 0 radical (unpaired) electrons. The van der Waals surface area contributed by atoms with E-state index in [9.17, 15) is 0 Å². The quantitative estimate of drug-likeness (QED) is 0.539. The summed E-state index contributed by atoms with van der Waals surface area (Å²) in [6.45, 7) is 7.37. The third-order valence-electron chi connectivity index (χ3n) is 5.36. The van der Waals surface area contributed by atoms with Crippen LogP contribution in [0, 0.1) is 0 Å². The molecule has 4 heteroatoms. The molecule has 4 fully saturated rings. The first kappa shape index (κ1) is 9.83. The second kappa shape index (κ2) is 3.19. The Morgan fingerprint density at radius 1 is 1.06 bits per heavy atom. The van der Waals surface area contributed by atoms with Gasteiger partial charge in [-0.15, -0.1) is 0 Å². The van der Waals surface area contributed by atoms with Crippen LogP contribution in [0.25, 0.3) is 0 Å². The van der Waals surface area contributed by atoms with E-state index in [1.165, 1.54) is 58.5 Å². The van der Waals surface area contributed by atoms with Crippen molar-refractivity contribution >= 4 is 0 Å². The van der Waals surface area contributed by atoms with Crippen molar-refractivity contribution in [3.05, 3.63) is 0 Å². The molecule has 4 heterocycles. The lowest BCUT2D eigenvalue weighted by atomic mass is 9.80. The van der Waals surface area contributed by atoms with Crippen LogP contribution in [0.4, 0.5) is 0 Å². The van der Waals surface area contributed by atoms with E-state index in [-0.39, 0.29) is 0 Å². The van der Waals surface area contributed by atoms with Crippen molar-refractivity contribution in [2.45, 2.75) is 36.4 Å². The second-order valence-electron chi connectivity index (χ2n) is 6.22. The molecule has 4 aliphatic rings. The zero-order valence-electron chi connectivity index (χ0n) is 9.89. The van der Waals surface area contributed by atoms with E-state index in [4.69, 9.17) is 0 Å². The number of hydrogen-bond acceptors (Lipinski definition) is 4. The molecule has 0 aromatic heterocycles. The fourth-order valence-electron chi connectivity index (χ4n) is 4.16. The van der Waals surface area contributed by atoms with E-state index in [1.807, 2.05) is 0 Å². The Bertz CT molecular complexity index is 293. The minimum atomic E-state index is 0.466. The molecule has 0 saturated carbocycles. The molecule has 3 N–H and O–H groups in total. The van der Waals surface area contributed by atoms with E-state index in [0.29, 0.717) is 11.1 Å². The Balaban J connectivity index is 1.47. The highest BCUT2D eigenvalue weighted by Crippen LogP contribution is 2.41. The molecule has 0 aliphatic carbocycles. The molecule has 2 spiro atoms. The third kappa shape index (κ3) is 1.19. The minimum absolute atomic E-state index is 0.466. The average molecular weight is 222 g/mol. The van der Waals surface area contributed by atoms with Crippen molar-refractivity contribution in [1.82, 2.24) is 20.9 Å². The monoisotopic (exact) mass is 222 g/mol. The van der Waals surface area contributed by atoms with Gasteiger partial charge in [-0.05, 0) is 25.8 Å². The highest BCUT2D eigenvalue weighted by atomic mass is 15.3. The van der Waals surface area contributed by atoms with Crippen molar-refractivity contribution in [2.75, 3.05) is 39.3 Å². The van der Waals surface area contributed by atoms with Crippen LogP contribution in [0.1, 0.15) is 19.3 Å². The molecule has 90 valence electrons. The van der Waals surface area contributed by atoms with Crippen LogP contribution in [-0.4, -0.2) is 61.3 Å². The van der Waals surface area contributed by atoms with Crippen molar-refractivity contribution < 1.29 is 0 Å². The Labute approximate surface area is 97.1 Å². The molecule has 4 saturated heterocycles. The summed E-state index contributed by atoms with van der Waals surface area (Å²) in [6.07, 6.45) is 4.15. The molecule has 2 atom stereocenters. The first-order valence-electron chi connectivity index (χ1n) is 6.75. The standard InChI is InChI=1S/C12H22N4/c1-3-13-9-12(1)2-4-16(12)10-5-11(15-6-10)7-14-8-11/h10,13-15H,1-9H2. The summed E-state index contributed by atoms with van der Waals surface area (Å²) in [4.78, 5) is 2.80. The topological polar surface area (TPSA) is 39.3 Å². The lowest BCUT2D eigenvalue weighted by molar-refractivity contribution is -0.0332. The highest BCUT2D eigenvalue weighted by molar-refractivity contribution is 5.14. The Morgan fingerprint density at radius 2 is 2.00 bits per heavy atom. The van der Waals surface area contributed by atoms with E-state index in [0.717, 1.165) is 6.04 Å². The van der Waals surface area contributed by atoms with E-state index < -0.39 is 0 Å². The number of rotatable bonds is 1. The van der Waals surface area contributed by atoms with Gasteiger partial charge in [0.2, 0.25) is 0 Å².